The van der Waals surface area contributed by atoms with Gasteiger partial charge in [-0.1, -0.05) is 26.0 Å². The molecule has 4 nitrogen and oxygen atoms in total. The molecule has 1 N–H and O–H groups in total. The molecule has 0 unspecified atom stereocenters. The van der Waals surface area contributed by atoms with Crippen LogP contribution in [0.3, 0.4) is 0 Å². The van der Waals surface area contributed by atoms with Crippen molar-refractivity contribution in [3.8, 4) is 5.75 Å². The van der Waals surface area contributed by atoms with Crippen molar-refractivity contribution < 1.29 is 14.3 Å². The number of methoxy groups -OCH3 is 1. The first-order valence-electron chi connectivity index (χ1n) is 7.08. The number of hydrogen-bond acceptors (Lipinski definition) is 4. The van der Waals surface area contributed by atoms with Gasteiger partial charge in [-0.05, 0) is 35.0 Å². The summed E-state index contributed by atoms with van der Waals surface area (Å²) in [6.45, 7) is 5.66. The van der Waals surface area contributed by atoms with Crippen molar-refractivity contribution in [1.29, 1.82) is 0 Å². The Labute approximate surface area is 125 Å². The van der Waals surface area contributed by atoms with Gasteiger partial charge < -0.3 is 14.8 Å². The van der Waals surface area contributed by atoms with Crippen LogP contribution in [0.1, 0.15) is 24.2 Å². The highest BCUT2D eigenvalue weighted by molar-refractivity contribution is 5.95. The summed E-state index contributed by atoms with van der Waals surface area (Å²) in [4.78, 5) is 11.5. The van der Waals surface area contributed by atoms with Crippen LogP contribution in [-0.2, 0) is 4.74 Å². The Bertz CT molecular complexity index is 622. The average Bonchev–Trinajstić information content (AvgIpc) is 2.50. The minimum Gasteiger partial charge on any atom is -0.492 e. The van der Waals surface area contributed by atoms with Crippen LogP contribution in [0.4, 0.5) is 0 Å². The molecular formula is C17H21NO3. The monoisotopic (exact) mass is 287 g/mol. The molecule has 2 aromatic carbocycles. The molecule has 0 aliphatic heterocycles. The first-order chi connectivity index (χ1) is 10.1. The number of ether oxygens (including phenoxy) is 2. The van der Waals surface area contributed by atoms with E-state index in [-0.39, 0.29) is 5.97 Å². The maximum atomic E-state index is 11.5. The van der Waals surface area contributed by atoms with Crippen molar-refractivity contribution in [3.63, 3.8) is 0 Å². The van der Waals surface area contributed by atoms with Gasteiger partial charge in [-0.15, -0.1) is 0 Å². The van der Waals surface area contributed by atoms with Gasteiger partial charge in [0.2, 0.25) is 0 Å². The van der Waals surface area contributed by atoms with E-state index in [2.05, 4.69) is 19.2 Å². The molecule has 0 fully saturated rings. The molecule has 0 amide bonds. The van der Waals surface area contributed by atoms with Crippen molar-refractivity contribution in [1.82, 2.24) is 5.32 Å². The number of carbonyl (C=O) groups is 1. The van der Waals surface area contributed by atoms with E-state index in [4.69, 9.17) is 9.47 Å². The lowest BCUT2D eigenvalue weighted by Gasteiger charge is -2.10. The van der Waals surface area contributed by atoms with Crippen LogP contribution in [0.5, 0.6) is 5.75 Å². The zero-order valence-corrected chi connectivity index (χ0v) is 12.7. The zero-order valence-electron chi connectivity index (χ0n) is 12.7. The van der Waals surface area contributed by atoms with Gasteiger partial charge in [0, 0.05) is 12.6 Å². The number of benzene rings is 2. The molecule has 0 saturated heterocycles. The van der Waals surface area contributed by atoms with E-state index in [1.165, 1.54) is 7.11 Å². The molecule has 0 spiro atoms. The third kappa shape index (κ3) is 4.20. The molecule has 0 bridgehead atoms. The van der Waals surface area contributed by atoms with E-state index in [0.29, 0.717) is 18.2 Å². The van der Waals surface area contributed by atoms with Crippen LogP contribution in [0, 0.1) is 0 Å². The summed E-state index contributed by atoms with van der Waals surface area (Å²) in [5.41, 5.74) is 0.555. The van der Waals surface area contributed by atoms with Gasteiger partial charge in [-0.25, -0.2) is 4.79 Å². The highest BCUT2D eigenvalue weighted by Crippen LogP contribution is 2.22. The number of hydrogen-bond donors (Lipinski definition) is 1. The maximum Gasteiger partial charge on any atom is 0.337 e. The molecule has 0 atom stereocenters. The minimum absolute atomic E-state index is 0.322. The molecule has 21 heavy (non-hydrogen) atoms. The van der Waals surface area contributed by atoms with Gasteiger partial charge in [0.05, 0.1) is 12.7 Å². The number of fused-ring (bicyclic) bond motifs is 1. The lowest BCUT2D eigenvalue weighted by atomic mass is 10.1. The van der Waals surface area contributed by atoms with E-state index < -0.39 is 0 Å². The summed E-state index contributed by atoms with van der Waals surface area (Å²) in [7, 11) is 1.38. The average molecular weight is 287 g/mol. The highest BCUT2D eigenvalue weighted by Gasteiger charge is 2.06. The minimum atomic E-state index is -0.322. The van der Waals surface area contributed by atoms with Gasteiger partial charge in [0.25, 0.3) is 0 Å². The van der Waals surface area contributed by atoms with Crippen LogP contribution in [0.25, 0.3) is 10.8 Å². The summed E-state index contributed by atoms with van der Waals surface area (Å²) in [5.74, 6) is 0.510. The van der Waals surface area contributed by atoms with Gasteiger partial charge in [0.1, 0.15) is 12.4 Å². The molecule has 0 aromatic heterocycles. The lowest BCUT2D eigenvalue weighted by molar-refractivity contribution is 0.0601. The van der Waals surface area contributed by atoms with Crippen molar-refractivity contribution in [2.45, 2.75) is 19.9 Å². The molecule has 0 heterocycles. The van der Waals surface area contributed by atoms with E-state index in [0.717, 1.165) is 23.1 Å². The quantitative estimate of drug-likeness (QED) is 0.655. The molecule has 2 aromatic rings. The summed E-state index contributed by atoms with van der Waals surface area (Å²) in [6.07, 6.45) is 0. The normalized spacial score (nSPS) is 10.9. The zero-order chi connectivity index (χ0) is 15.2. The van der Waals surface area contributed by atoms with Crippen molar-refractivity contribution in [2.75, 3.05) is 20.3 Å². The highest BCUT2D eigenvalue weighted by atomic mass is 16.5. The van der Waals surface area contributed by atoms with Crippen LogP contribution in [0.15, 0.2) is 36.4 Å². The summed E-state index contributed by atoms with van der Waals surface area (Å²) < 4.78 is 10.4. The molecular weight excluding hydrogens is 266 g/mol. The van der Waals surface area contributed by atoms with Crippen LogP contribution in [-0.4, -0.2) is 32.3 Å². The van der Waals surface area contributed by atoms with Gasteiger partial charge in [-0.3, -0.25) is 0 Å². The fourth-order valence-electron chi connectivity index (χ4n) is 2.07. The van der Waals surface area contributed by atoms with Crippen LogP contribution in [0.2, 0.25) is 0 Å². The number of carbonyl (C=O) groups excluding carboxylic acids is 1. The van der Waals surface area contributed by atoms with Crippen molar-refractivity contribution >= 4 is 16.7 Å². The van der Waals surface area contributed by atoms with E-state index in [1.807, 2.05) is 30.3 Å². The van der Waals surface area contributed by atoms with E-state index >= 15 is 0 Å². The summed E-state index contributed by atoms with van der Waals surface area (Å²) in [6, 6.07) is 11.8. The van der Waals surface area contributed by atoms with Gasteiger partial charge >= 0.3 is 5.97 Å². The Morgan fingerprint density at radius 2 is 1.86 bits per heavy atom. The Hall–Kier alpha value is -2.07. The van der Waals surface area contributed by atoms with Crippen LogP contribution >= 0.6 is 0 Å². The smallest absolute Gasteiger partial charge is 0.337 e. The molecule has 4 heteroatoms. The van der Waals surface area contributed by atoms with E-state index in [9.17, 15) is 4.79 Å². The number of rotatable bonds is 6. The fraction of sp³-hybridized carbons (Fsp3) is 0.353. The summed E-state index contributed by atoms with van der Waals surface area (Å²) >= 11 is 0. The topological polar surface area (TPSA) is 47.6 Å². The lowest BCUT2D eigenvalue weighted by Crippen LogP contribution is -2.27. The largest absolute Gasteiger partial charge is 0.492 e. The molecule has 112 valence electrons. The Balaban J connectivity index is 2.06. The molecule has 0 aliphatic rings. The van der Waals surface area contributed by atoms with Gasteiger partial charge in [0.15, 0.2) is 0 Å². The third-order valence-electron chi connectivity index (χ3n) is 3.16. The molecule has 0 aliphatic carbocycles. The third-order valence-corrected chi connectivity index (χ3v) is 3.16. The second kappa shape index (κ2) is 7.09. The van der Waals surface area contributed by atoms with Crippen LogP contribution < -0.4 is 10.1 Å². The standard InChI is InChI=1S/C17H21NO3/c1-12(2)18-8-9-21-16-7-6-13-10-15(17(19)20-3)5-4-14(13)11-16/h4-7,10-12,18H,8-9H2,1-3H3. The van der Waals surface area contributed by atoms with E-state index in [1.54, 1.807) is 6.07 Å². The first kappa shape index (κ1) is 15.3. The molecule has 2 rings (SSSR count). The predicted octanol–water partition coefficient (Wildman–Crippen LogP) is 3.00. The number of nitrogens with one attached hydrogen (secondary N) is 1. The predicted molar refractivity (Wildman–Crippen MR) is 83.9 cm³/mol. The Kier molecular flexibility index (Phi) is 5.17. The van der Waals surface area contributed by atoms with Crippen molar-refractivity contribution in [3.05, 3.63) is 42.0 Å². The van der Waals surface area contributed by atoms with Crippen molar-refractivity contribution in [2.24, 2.45) is 0 Å². The molecule has 0 saturated carbocycles. The maximum absolute atomic E-state index is 11.5. The summed E-state index contributed by atoms with van der Waals surface area (Å²) in [5, 5.41) is 5.33. The second-order valence-electron chi connectivity index (χ2n) is 5.17. The fourth-order valence-corrected chi connectivity index (χ4v) is 2.07. The Morgan fingerprint density at radius 3 is 2.57 bits per heavy atom. The SMILES string of the molecule is COC(=O)c1ccc2cc(OCCNC(C)C)ccc2c1. The first-order valence-corrected chi connectivity index (χ1v) is 7.08. The van der Waals surface area contributed by atoms with Gasteiger partial charge in [-0.2, -0.15) is 0 Å². The molecule has 0 radical (unpaired) electrons. The Morgan fingerprint density at radius 1 is 1.14 bits per heavy atom. The second-order valence-corrected chi connectivity index (χ2v) is 5.17. The number of esters is 1.